The van der Waals surface area contributed by atoms with Crippen LogP contribution in [0, 0.1) is 20.8 Å². The van der Waals surface area contributed by atoms with Crippen molar-refractivity contribution in [3.63, 3.8) is 0 Å². The molecule has 0 saturated carbocycles. The van der Waals surface area contributed by atoms with Gasteiger partial charge in [0, 0.05) is 16.6 Å². The maximum Gasteiger partial charge on any atom is 0.279 e. The number of hydrogen-bond donors (Lipinski definition) is 2. The van der Waals surface area contributed by atoms with Gasteiger partial charge in [-0.2, -0.15) is 0 Å². The number of nitrogens with zero attached hydrogens (tertiary/aromatic N) is 1. The van der Waals surface area contributed by atoms with Crippen molar-refractivity contribution in [2.24, 2.45) is 0 Å². The van der Waals surface area contributed by atoms with Crippen LogP contribution < -0.4 is 10.2 Å². The second-order valence-electron chi connectivity index (χ2n) is 7.14. The molecule has 1 aromatic heterocycles. The number of hydrogen-bond acceptors (Lipinski definition) is 3. The van der Waals surface area contributed by atoms with Crippen LogP contribution in [0.15, 0.2) is 47.8 Å². The van der Waals surface area contributed by atoms with Gasteiger partial charge in [0.05, 0.1) is 7.05 Å². The molecule has 0 aliphatic carbocycles. The van der Waals surface area contributed by atoms with Gasteiger partial charge in [-0.05, 0) is 31.9 Å². The van der Waals surface area contributed by atoms with Crippen molar-refractivity contribution in [3.05, 3.63) is 70.2 Å². The van der Waals surface area contributed by atoms with E-state index in [0.29, 0.717) is 6.54 Å². The average Bonchev–Trinajstić information content (AvgIpc) is 3.07. The van der Waals surface area contributed by atoms with E-state index in [9.17, 15) is 4.79 Å². The van der Waals surface area contributed by atoms with Gasteiger partial charge >= 0.3 is 0 Å². The summed E-state index contributed by atoms with van der Waals surface area (Å²) in [6.07, 6.45) is 0. The number of nitrogens with one attached hydrogen (secondary N) is 2. The van der Waals surface area contributed by atoms with E-state index in [1.54, 1.807) is 11.3 Å². The number of rotatable bonds is 6. The molecule has 1 unspecified atom stereocenters. The number of anilines is 1. The molecule has 0 aliphatic rings. The number of thiazole rings is 1. The molecule has 3 aromatic rings. The first-order valence-corrected chi connectivity index (χ1v) is 9.99. The lowest BCUT2D eigenvalue weighted by Gasteiger charge is -2.15. The molecule has 1 amide bonds. The summed E-state index contributed by atoms with van der Waals surface area (Å²) < 4.78 is 0. The minimum atomic E-state index is 0.0288. The van der Waals surface area contributed by atoms with Crippen LogP contribution >= 0.6 is 11.3 Å². The summed E-state index contributed by atoms with van der Waals surface area (Å²) in [6, 6.07) is 14.4. The van der Waals surface area contributed by atoms with Crippen LogP contribution in [0.5, 0.6) is 0 Å². The number of likely N-dealkylation sites (N-methyl/N-ethyl adjacent to an activating group) is 1. The number of carbonyl (C=O) groups is 1. The van der Waals surface area contributed by atoms with Gasteiger partial charge in [-0.15, -0.1) is 11.3 Å². The van der Waals surface area contributed by atoms with Crippen molar-refractivity contribution in [1.82, 2.24) is 4.98 Å². The number of amides is 1. The fourth-order valence-corrected chi connectivity index (χ4v) is 4.13. The average molecular weight is 381 g/mol. The molecule has 140 valence electrons. The Morgan fingerprint density at radius 1 is 1.11 bits per heavy atom. The maximum absolute atomic E-state index is 12.5. The quantitative estimate of drug-likeness (QED) is 0.689. The Balaban J connectivity index is 1.59. The van der Waals surface area contributed by atoms with E-state index < -0.39 is 0 Å². The first kappa shape index (κ1) is 19.3. The molecule has 1 atom stereocenters. The van der Waals surface area contributed by atoms with Crippen molar-refractivity contribution in [2.75, 3.05) is 18.9 Å². The highest BCUT2D eigenvalue weighted by atomic mass is 32.1. The molecule has 1 heterocycles. The lowest BCUT2D eigenvalue weighted by molar-refractivity contribution is -0.885. The van der Waals surface area contributed by atoms with E-state index in [-0.39, 0.29) is 5.91 Å². The number of quaternary nitrogens is 1. The fourth-order valence-electron chi connectivity index (χ4n) is 3.31. The molecule has 0 saturated heterocycles. The standard InChI is InChI=1S/C22H25N3OS/c1-15-10-16(2)21(17(3)11-15)24-20(26)13-25(4)12-19-14-27-22(23-19)18-8-6-5-7-9-18/h5-11,14H,12-13H2,1-4H3,(H,24,26)/p+1. The summed E-state index contributed by atoms with van der Waals surface area (Å²) in [6.45, 7) is 7.27. The van der Waals surface area contributed by atoms with Gasteiger partial charge in [0.1, 0.15) is 17.2 Å². The van der Waals surface area contributed by atoms with E-state index in [1.807, 2.05) is 39.1 Å². The zero-order valence-corrected chi connectivity index (χ0v) is 17.1. The first-order valence-electron chi connectivity index (χ1n) is 9.11. The molecule has 0 radical (unpaired) electrons. The van der Waals surface area contributed by atoms with Gasteiger partial charge in [-0.25, -0.2) is 4.98 Å². The number of aryl methyl sites for hydroxylation is 3. The molecular weight excluding hydrogens is 354 g/mol. The highest BCUT2D eigenvalue weighted by molar-refractivity contribution is 7.13. The molecule has 4 nitrogen and oxygen atoms in total. The predicted octanol–water partition coefficient (Wildman–Crippen LogP) is 3.39. The van der Waals surface area contributed by atoms with E-state index in [2.05, 4.69) is 41.9 Å². The molecule has 5 heteroatoms. The van der Waals surface area contributed by atoms with Crippen molar-refractivity contribution >= 4 is 22.9 Å². The monoisotopic (exact) mass is 380 g/mol. The topological polar surface area (TPSA) is 46.4 Å². The zero-order valence-electron chi connectivity index (χ0n) is 16.3. The lowest BCUT2D eigenvalue weighted by Crippen LogP contribution is -3.08. The SMILES string of the molecule is Cc1cc(C)c(NC(=O)C[NH+](C)Cc2csc(-c3ccccc3)n2)c(C)c1. The lowest BCUT2D eigenvalue weighted by atomic mass is 10.1. The van der Waals surface area contributed by atoms with E-state index in [0.717, 1.165) is 44.5 Å². The van der Waals surface area contributed by atoms with Crippen molar-refractivity contribution in [1.29, 1.82) is 0 Å². The van der Waals surface area contributed by atoms with Crippen LogP contribution in [0.4, 0.5) is 5.69 Å². The summed E-state index contributed by atoms with van der Waals surface area (Å²) in [5, 5.41) is 6.18. The van der Waals surface area contributed by atoms with Crippen molar-refractivity contribution in [3.8, 4) is 10.6 Å². The van der Waals surface area contributed by atoms with Crippen LogP contribution in [0.3, 0.4) is 0 Å². The van der Waals surface area contributed by atoms with Gasteiger partial charge in [0.2, 0.25) is 0 Å². The Labute approximate surface area is 164 Å². The fraction of sp³-hybridized carbons (Fsp3) is 0.273. The number of benzene rings is 2. The van der Waals surface area contributed by atoms with E-state index in [1.165, 1.54) is 5.56 Å². The Hall–Kier alpha value is -2.50. The van der Waals surface area contributed by atoms with Crippen LogP contribution in [-0.2, 0) is 11.3 Å². The van der Waals surface area contributed by atoms with Crippen LogP contribution in [0.25, 0.3) is 10.6 Å². The Morgan fingerprint density at radius 3 is 2.44 bits per heavy atom. The minimum Gasteiger partial charge on any atom is -0.325 e. The third-order valence-corrected chi connectivity index (χ3v) is 5.40. The Kier molecular flexibility index (Phi) is 6.04. The third-order valence-electron chi connectivity index (χ3n) is 4.46. The molecule has 0 bridgehead atoms. The number of aromatic nitrogens is 1. The normalized spacial score (nSPS) is 12.0. The third kappa shape index (κ3) is 5.02. The zero-order chi connectivity index (χ0) is 19.4. The van der Waals surface area contributed by atoms with Crippen molar-refractivity contribution in [2.45, 2.75) is 27.3 Å². The predicted molar refractivity (Wildman–Crippen MR) is 112 cm³/mol. The largest absolute Gasteiger partial charge is 0.325 e. The molecule has 2 aromatic carbocycles. The maximum atomic E-state index is 12.5. The summed E-state index contributed by atoms with van der Waals surface area (Å²) >= 11 is 1.65. The second-order valence-corrected chi connectivity index (χ2v) is 8.00. The molecule has 27 heavy (non-hydrogen) atoms. The van der Waals surface area contributed by atoms with Gasteiger partial charge in [0.15, 0.2) is 6.54 Å². The van der Waals surface area contributed by atoms with Crippen molar-refractivity contribution < 1.29 is 9.69 Å². The molecule has 3 rings (SSSR count). The van der Waals surface area contributed by atoms with Gasteiger partial charge < -0.3 is 10.2 Å². The minimum absolute atomic E-state index is 0.0288. The highest BCUT2D eigenvalue weighted by Crippen LogP contribution is 2.23. The molecule has 0 fully saturated rings. The Morgan fingerprint density at radius 2 is 1.78 bits per heavy atom. The second kappa shape index (κ2) is 8.46. The molecule has 0 spiro atoms. The molecular formula is C22H26N3OS+. The molecule has 0 aliphatic heterocycles. The summed E-state index contributed by atoms with van der Waals surface area (Å²) in [5.74, 6) is 0.0288. The van der Waals surface area contributed by atoms with Crippen LogP contribution in [0.2, 0.25) is 0 Å². The highest BCUT2D eigenvalue weighted by Gasteiger charge is 2.15. The summed E-state index contributed by atoms with van der Waals surface area (Å²) in [4.78, 5) is 18.3. The van der Waals surface area contributed by atoms with Crippen LogP contribution in [0.1, 0.15) is 22.4 Å². The van der Waals surface area contributed by atoms with Gasteiger partial charge in [-0.3, -0.25) is 4.79 Å². The van der Waals surface area contributed by atoms with E-state index in [4.69, 9.17) is 4.98 Å². The Bertz CT molecular complexity index is 911. The number of carbonyl (C=O) groups excluding carboxylic acids is 1. The summed E-state index contributed by atoms with van der Waals surface area (Å²) in [5.41, 5.74) is 6.50. The van der Waals surface area contributed by atoms with Crippen LogP contribution in [-0.4, -0.2) is 24.5 Å². The van der Waals surface area contributed by atoms with Gasteiger partial charge in [-0.1, -0.05) is 48.0 Å². The first-order chi connectivity index (χ1) is 12.9. The molecule has 2 N–H and O–H groups in total. The van der Waals surface area contributed by atoms with E-state index >= 15 is 0 Å². The van der Waals surface area contributed by atoms with Gasteiger partial charge in [0.25, 0.3) is 5.91 Å². The summed E-state index contributed by atoms with van der Waals surface area (Å²) in [7, 11) is 2.02. The smallest absolute Gasteiger partial charge is 0.279 e.